The molecule has 0 spiro atoms. The van der Waals surface area contributed by atoms with Crippen molar-refractivity contribution < 1.29 is 9.84 Å². The lowest BCUT2D eigenvalue weighted by atomic mass is 10.3. The van der Waals surface area contributed by atoms with Gasteiger partial charge in [0.2, 0.25) is 0 Å². The van der Waals surface area contributed by atoms with Gasteiger partial charge in [0.25, 0.3) is 0 Å². The summed E-state index contributed by atoms with van der Waals surface area (Å²) in [6, 6.07) is 0. The topological polar surface area (TPSA) is 44.7 Å². The van der Waals surface area contributed by atoms with E-state index >= 15 is 0 Å². The van der Waals surface area contributed by atoms with Crippen LogP contribution in [0, 0.1) is 0 Å². The predicted octanol–water partition coefficient (Wildman–Crippen LogP) is -0.0749. The molecule has 0 amide bonds. The highest BCUT2D eigenvalue weighted by Gasteiger charge is 2.08. The number of aliphatic hydroxyl groups is 1. The van der Waals surface area contributed by atoms with Crippen LogP contribution in [0.1, 0.15) is 13.8 Å². The summed E-state index contributed by atoms with van der Waals surface area (Å²) in [5.41, 5.74) is 0. The molecule has 4 heteroatoms. The van der Waals surface area contributed by atoms with Gasteiger partial charge in [0, 0.05) is 26.7 Å². The van der Waals surface area contributed by atoms with Gasteiger partial charge in [-0.1, -0.05) is 13.8 Å². The van der Waals surface area contributed by atoms with Crippen molar-refractivity contribution in [3.8, 4) is 0 Å². The van der Waals surface area contributed by atoms with Crippen LogP contribution in [-0.2, 0) is 4.74 Å². The second kappa shape index (κ2) is 9.40. The van der Waals surface area contributed by atoms with E-state index in [9.17, 15) is 5.11 Å². The lowest BCUT2D eigenvalue weighted by Crippen LogP contribution is -2.39. The molecule has 0 aliphatic carbocycles. The van der Waals surface area contributed by atoms with E-state index in [0.29, 0.717) is 13.1 Å². The Labute approximate surface area is 87.2 Å². The maximum atomic E-state index is 9.64. The fourth-order valence-corrected chi connectivity index (χ4v) is 1.27. The van der Waals surface area contributed by atoms with Crippen LogP contribution >= 0.6 is 0 Å². The maximum Gasteiger partial charge on any atom is 0.0791 e. The number of hydrogen-bond acceptors (Lipinski definition) is 4. The van der Waals surface area contributed by atoms with Gasteiger partial charge < -0.3 is 15.2 Å². The van der Waals surface area contributed by atoms with Crippen molar-refractivity contribution in [3.63, 3.8) is 0 Å². The van der Waals surface area contributed by atoms with E-state index in [-0.39, 0.29) is 6.10 Å². The van der Waals surface area contributed by atoms with Crippen molar-refractivity contribution in [2.75, 3.05) is 46.4 Å². The fraction of sp³-hybridized carbons (Fsp3) is 1.00. The number of methoxy groups -OCH3 is 1. The molecule has 0 aliphatic heterocycles. The van der Waals surface area contributed by atoms with Gasteiger partial charge >= 0.3 is 0 Å². The largest absolute Gasteiger partial charge is 0.390 e. The molecule has 4 nitrogen and oxygen atoms in total. The molecule has 0 saturated carbocycles. The molecule has 0 fully saturated rings. The summed E-state index contributed by atoms with van der Waals surface area (Å²) < 4.78 is 5.00. The van der Waals surface area contributed by atoms with Gasteiger partial charge in [-0.25, -0.2) is 0 Å². The average molecular weight is 204 g/mol. The second-order valence-electron chi connectivity index (χ2n) is 3.35. The molecule has 0 heterocycles. The highest BCUT2D eigenvalue weighted by atomic mass is 16.5. The van der Waals surface area contributed by atoms with Crippen LogP contribution in [0.2, 0.25) is 0 Å². The number of nitrogens with one attached hydrogen (secondary N) is 1. The first-order valence-corrected chi connectivity index (χ1v) is 5.34. The van der Waals surface area contributed by atoms with Crippen molar-refractivity contribution in [2.24, 2.45) is 0 Å². The molecule has 2 N–H and O–H groups in total. The first kappa shape index (κ1) is 13.8. The smallest absolute Gasteiger partial charge is 0.0791 e. The Bertz CT molecular complexity index is 123. The fourth-order valence-electron chi connectivity index (χ4n) is 1.27. The van der Waals surface area contributed by atoms with Crippen molar-refractivity contribution >= 4 is 0 Å². The number of nitrogens with zero attached hydrogens (tertiary/aromatic N) is 1. The molecule has 0 aromatic heterocycles. The van der Waals surface area contributed by atoms with Gasteiger partial charge in [-0.15, -0.1) is 0 Å². The van der Waals surface area contributed by atoms with E-state index in [1.807, 2.05) is 6.92 Å². The molecule has 0 aliphatic rings. The standard InChI is InChI=1S/C10H24N2O2/c1-4-11-8-10(13)9-12(5-2)6-7-14-3/h10-11,13H,4-9H2,1-3H3. The minimum atomic E-state index is -0.285. The number of rotatable bonds is 9. The summed E-state index contributed by atoms with van der Waals surface area (Å²) in [4.78, 5) is 2.19. The SMILES string of the molecule is CCNCC(O)CN(CC)CCOC. The summed E-state index contributed by atoms with van der Waals surface area (Å²) in [5.74, 6) is 0. The minimum absolute atomic E-state index is 0.285. The third-order valence-corrected chi connectivity index (χ3v) is 2.16. The number of hydrogen-bond donors (Lipinski definition) is 2. The molecular formula is C10H24N2O2. The van der Waals surface area contributed by atoms with Crippen molar-refractivity contribution in [2.45, 2.75) is 20.0 Å². The van der Waals surface area contributed by atoms with Gasteiger partial charge in [-0.3, -0.25) is 4.90 Å². The minimum Gasteiger partial charge on any atom is -0.390 e. The summed E-state index contributed by atoms with van der Waals surface area (Å²) >= 11 is 0. The van der Waals surface area contributed by atoms with Gasteiger partial charge in [-0.2, -0.15) is 0 Å². The monoisotopic (exact) mass is 204 g/mol. The summed E-state index contributed by atoms with van der Waals surface area (Å²) in [6.07, 6.45) is -0.285. The highest BCUT2D eigenvalue weighted by molar-refractivity contribution is 4.65. The van der Waals surface area contributed by atoms with Crippen molar-refractivity contribution in [1.29, 1.82) is 0 Å². The molecule has 1 unspecified atom stereocenters. The lowest BCUT2D eigenvalue weighted by molar-refractivity contribution is 0.0917. The van der Waals surface area contributed by atoms with Crippen LogP contribution in [0.15, 0.2) is 0 Å². The van der Waals surface area contributed by atoms with Crippen molar-refractivity contribution in [1.82, 2.24) is 10.2 Å². The summed E-state index contributed by atoms with van der Waals surface area (Å²) in [6.45, 7) is 8.98. The van der Waals surface area contributed by atoms with Gasteiger partial charge in [-0.05, 0) is 13.1 Å². The Hall–Kier alpha value is -0.160. The van der Waals surface area contributed by atoms with E-state index in [4.69, 9.17) is 4.74 Å². The number of likely N-dealkylation sites (N-methyl/N-ethyl adjacent to an activating group) is 2. The number of ether oxygens (including phenoxy) is 1. The van der Waals surface area contributed by atoms with E-state index < -0.39 is 0 Å². The molecule has 0 bridgehead atoms. The predicted molar refractivity (Wildman–Crippen MR) is 58.5 cm³/mol. The van der Waals surface area contributed by atoms with Gasteiger partial charge in [0.15, 0.2) is 0 Å². The van der Waals surface area contributed by atoms with Crippen LogP contribution in [0.4, 0.5) is 0 Å². The molecule has 1 atom stereocenters. The number of aliphatic hydroxyl groups excluding tert-OH is 1. The average Bonchev–Trinajstić information content (AvgIpc) is 2.21. The summed E-state index contributed by atoms with van der Waals surface area (Å²) in [5, 5.41) is 12.8. The Morgan fingerprint density at radius 2 is 2.14 bits per heavy atom. The Morgan fingerprint density at radius 3 is 2.64 bits per heavy atom. The molecule has 0 aromatic carbocycles. The van der Waals surface area contributed by atoms with E-state index in [2.05, 4.69) is 17.1 Å². The van der Waals surface area contributed by atoms with E-state index in [1.54, 1.807) is 7.11 Å². The Balaban J connectivity index is 3.57. The normalized spacial score (nSPS) is 13.5. The zero-order chi connectivity index (χ0) is 10.8. The maximum absolute atomic E-state index is 9.64. The van der Waals surface area contributed by atoms with Crippen LogP contribution in [0.5, 0.6) is 0 Å². The molecule has 0 rings (SSSR count). The van der Waals surface area contributed by atoms with Crippen LogP contribution in [0.25, 0.3) is 0 Å². The first-order valence-electron chi connectivity index (χ1n) is 5.34. The lowest BCUT2D eigenvalue weighted by Gasteiger charge is -2.23. The molecule has 14 heavy (non-hydrogen) atoms. The van der Waals surface area contributed by atoms with Crippen LogP contribution in [-0.4, -0.2) is 62.6 Å². The molecule has 0 saturated heterocycles. The van der Waals surface area contributed by atoms with Gasteiger partial charge in [0.1, 0.15) is 0 Å². The van der Waals surface area contributed by atoms with E-state index in [1.165, 1.54) is 0 Å². The van der Waals surface area contributed by atoms with Crippen LogP contribution in [0.3, 0.4) is 0 Å². The van der Waals surface area contributed by atoms with Crippen LogP contribution < -0.4 is 5.32 Å². The highest BCUT2D eigenvalue weighted by Crippen LogP contribution is 1.92. The Kier molecular flexibility index (Phi) is 9.29. The second-order valence-corrected chi connectivity index (χ2v) is 3.35. The van der Waals surface area contributed by atoms with Crippen molar-refractivity contribution in [3.05, 3.63) is 0 Å². The quantitative estimate of drug-likeness (QED) is 0.552. The zero-order valence-corrected chi connectivity index (χ0v) is 9.62. The molecular weight excluding hydrogens is 180 g/mol. The molecule has 86 valence electrons. The molecule has 0 aromatic rings. The van der Waals surface area contributed by atoms with Gasteiger partial charge in [0.05, 0.1) is 12.7 Å². The van der Waals surface area contributed by atoms with E-state index in [0.717, 1.165) is 26.2 Å². The third kappa shape index (κ3) is 7.26. The summed E-state index contributed by atoms with van der Waals surface area (Å²) in [7, 11) is 1.70. The third-order valence-electron chi connectivity index (χ3n) is 2.16. The first-order chi connectivity index (χ1) is 6.74. The zero-order valence-electron chi connectivity index (χ0n) is 9.62. The Morgan fingerprint density at radius 1 is 1.43 bits per heavy atom. The molecule has 0 radical (unpaired) electrons.